The van der Waals surface area contributed by atoms with Gasteiger partial charge >= 0.3 is 50.6 Å². The predicted octanol–water partition coefficient (Wildman–Crippen LogP) is -1.28. The van der Waals surface area contributed by atoms with Crippen molar-refractivity contribution in [3.63, 3.8) is 0 Å². The fraction of sp³-hybridized carbons (Fsp3) is 0. The van der Waals surface area contributed by atoms with Crippen LogP contribution in [0.3, 0.4) is 0 Å². The normalized spacial score (nSPS) is 9.67. The van der Waals surface area contributed by atoms with E-state index in [9.17, 15) is 90.7 Å². The SMILES string of the molecule is O=C(O)c1c(O)c([N+](=O)[O-])c([O-])c([N+](=O)[O-])c1O[N+](=O)[O-].O=C(O)c1c(O)c([N+](=O)[O-])c([O-])c([N+](=O)[O-])c1O[N+](=O)[O-].[Pb+2]. The molecular weight excluding hydrogens is 811 g/mol. The van der Waals surface area contributed by atoms with Crippen molar-refractivity contribution in [1.82, 2.24) is 0 Å². The summed E-state index contributed by atoms with van der Waals surface area (Å²) in [5.74, 6) is -15.5. The average Bonchev–Trinajstić information content (AvgIpc) is 2.76. The van der Waals surface area contributed by atoms with Gasteiger partial charge in [-0.05, 0) is 0 Å². The molecule has 0 bridgehead atoms. The Morgan fingerprint density at radius 1 is 0.535 bits per heavy atom. The first-order chi connectivity index (χ1) is 19.2. The third-order valence-corrected chi connectivity index (χ3v) is 4.16. The summed E-state index contributed by atoms with van der Waals surface area (Å²) in [7, 11) is 0. The van der Waals surface area contributed by atoms with Crippen molar-refractivity contribution in [2.75, 3.05) is 0 Å². The van der Waals surface area contributed by atoms with Gasteiger partial charge in [-0.1, -0.05) is 0 Å². The van der Waals surface area contributed by atoms with E-state index >= 15 is 0 Å². The molecule has 28 nitrogen and oxygen atoms in total. The molecule has 0 aliphatic heterocycles. The molecule has 2 aromatic carbocycles. The van der Waals surface area contributed by atoms with E-state index in [-0.39, 0.29) is 27.3 Å². The number of phenols is 2. The van der Waals surface area contributed by atoms with Crippen molar-refractivity contribution >= 4 is 62.0 Å². The maximum absolute atomic E-state index is 11.5. The number of aromatic carboxylic acids is 2. The van der Waals surface area contributed by atoms with Crippen LogP contribution in [0, 0.1) is 60.7 Å². The second-order valence-corrected chi connectivity index (χ2v) is 6.43. The fourth-order valence-electron chi connectivity index (χ4n) is 2.73. The van der Waals surface area contributed by atoms with Crippen molar-refractivity contribution in [3.8, 4) is 34.5 Å². The van der Waals surface area contributed by atoms with Crippen molar-refractivity contribution in [3.05, 3.63) is 71.8 Å². The minimum atomic E-state index is -2.21. The Balaban J connectivity index is 0.000000802. The summed E-state index contributed by atoms with van der Waals surface area (Å²) in [6, 6.07) is 0. The summed E-state index contributed by atoms with van der Waals surface area (Å²) >= 11 is 0. The molecule has 0 saturated carbocycles. The molecule has 0 aliphatic carbocycles. The number of carbonyl (C=O) groups is 2. The van der Waals surface area contributed by atoms with Gasteiger partial charge in [-0.15, -0.1) is 20.2 Å². The van der Waals surface area contributed by atoms with Gasteiger partial charge in [-0.2, -0.15) is 0 Å². The molecular formula is C14H4N6O22Pb. The fourth-order valence-corrected chi connectivity index (χ4v) is 2.73. The summed E-state index contributed by atoms with van der Waals surface area (Å²) in [5, 5.41) is 119. The van der Waals surface area contributed by atoms with Crippen LogP contribution in [0.25, 0.3) is 0 Å². The molecule has 0 aromatic heterocycles. The number of carboxylic acids is 2. The molecule has 0 spiro atoms. The summed E-state index contributed by atoms with van der Waals surface area (Å²) in [6.07, 6.45) is 0. The standard InChI is InChI=1S/2C7H3N3O11.Pb/c2*11-4-1(7(13)14)6(21-10(19)20)3(9(17)18)5(12)2(4)8(15)16;/h2*11-12H,(H,13,14);/q;;+2/p-2. The summed E-state index contributed by atoms with van der Waals surface area (Å²) in [4.78, 5) is 85.6. The molecule has 0 saturated heterocycles. The van der Waals surface area contributed by atoms with Crippen LogP contribution in [0.1, 0.15) is 20.7 Å². The van der Waals surface area contributed by atoms with Crippen LogP contribution in [-0.4, -0.2) is 89.5 Å². The summed E-state index contributed by atoms with van der Waals surface area (Å²) in [5.41, 5.74) is -10.6. The van der Waals surface area contributed by atoms with E-state index in [4.69, 9.17) is 10.2 Å². The third-order valence-electron chi connectivity index (χ3n) is 4.16. The molecule has 226 valence electrons. The van der Waals surface area contributed by atoms with Crippen molar-refractivity contribution in [2.45, 2.75) is 0 Å². The molecule has 2 radical (unpaired) electrons. The number of hydrogen-bond donors (Lipinski definition) is 4. The van der Waals surface area contributed by atoms with Gasteiger partial charge in [-0.3, -0.25) is 50.1 Å². The minimum absolute atomic E-state index is 0. The molecule has 0 fully saturated rings. The molecule has 0 aliphatic rings. The van der Waals surface area contributed by atoms with E-state index in [1.54, 1.807) is 0 Å². The number of nitro groups is 4. The Morgan fingerprint density at radius 3 is 0.930 bits per heavy atom. The number of carboxylic acid groups (broad SMARTS) is 2. The Morgan fingerprint density at radius 2 is 0.767 bits per heavy atom. The van der Waals surface area contributed by atoms with Crippen LogP contribution in [-0.2, 0) is 0 Å². The van der Waals surface area contributed by atoms with Crippen LogP contribution >= 0.6 is 0 Å². The molecule has 2 aromatic rings. The zero-order chi connectivity index (χ0) is 33.0. The molecule has 43 heavy (non-hydrogen) atoms. The number of aromatic hydroxyl groups is 2. The predicted molar refractivity (Wildman–Crippen MR) is 117 cm³/mol. The third kappa shape index (κ3) is 7.38. The molecule has 2 rings (SSSR count). The van der Waals surface area contributed by atoms with Gasteiger partial charge in [0.1, 0.15) is 11.1 Å². The number of rotatable bonds is 10. The first-order valence-electron chi connectivity index (χ1n) is 9.07. The molecule has 0 unspecified atom stereocenters. The van der Waals surface area contributed by atoms with Gasteiger partial charge in [0.15, 0.2) is 0 Å². The van der Waals surface area contributed by atoms with Crippen LogP contribution in [0.2, 0.25) is 0 Å². The summed E-state index contributed by atoms with van der Waals surface area (Å²) < 4.78 is 0. The van der Waals surface area contributed by atoms with Crippen LogP contribution < -0.4 is 19.9 Å². The van der Waals surface area contributed by atoms with E-state index < -0.39 is 110 Å². The number of nitro benzene ring substituents is 4. The van der Waals surface area contributed by atoms with Crippen molar-refractivity contribution < 1.29 is 79.8 Å². The smallest absolute Gasteiger partial charge is 0.863 e. The maximum Gasteiger partial charge on any atom is 2.00 e. The molecule has 0 amide bonds. The topological polar surface area (TPSA) is 438 Å². The number of nitrogens with zero attached hydrogens (tertiary/aromatic N) is 6. The van der Waals surface area contributed by atoms with Crippen LogP contribution in [0.4, 0.5) is 22.7 Å². The zero-order valence-corrected chi connectivity index (χ0v) is 23.2. The second kappa shape index (κ2) is 13.7. The zero-order valence-electron chi connectivity index (χ0n) is 19.3. The van der Waals surface area contributed by atoms with Crippen molar-refractivity contribution in [2.24, 2.45) is 0 Å². The average molecular weight is 815 g/mol. The van der Waals surface area contributed by atoms with Crippen LogP contribution in [0.5, 0.6) is 34.5 Å². The molecule has 29 heteroatoms. The largest absolute Gasteiger partial charge is 2.00 e. The van der Waals surface area contributed by atoms with E-state index in [0.717, 1.165) is 0 Å². The van der Waals surface area contributed by atoms with Gasteiger partial charge in [-0.25, -0.2) is 9.59 Å². The molecule has 0 atom stereocenters. The van der Waals surface area contributed by atoms with E-state index in [1.807, 2.05) is 0 Å². The summed E-state index contributed by atoms with van der Waals surface area (Å²) in [6.45, 7) is 0. The van der Waals surface area contributed by atoms with Crippen LogP contribution in [0.15, 0.2) is 0 Å². The monoisotopic (exact) mass is 816 g/mol. The first-order valence-corrected chi connectivity index (χ1v) is 9.07. The van der Waals surface area contributed by atoms with Gasteiger partial charge in [0.05, 0.1) is 31.2 Å². The second-order valence-electron chi connectivity index (χ2n) is 6.43. The van der Waals surface area contributed by atoms with Gasteiger partial charge in [0.25, 0.3) is 21.5 Å². The first kappa shape index (κ1) is 36.5. The Bertz CT molecular complexity index is 1400. The maximum atomic E-state index is 11.5. The van der Waals surface area contributed by atoms with Gasteiger partial charge < -0.3 is 30.6 Å². The van der Waals surface area contributed by atoms with Crippen molar-refractivity contribution in [1.29, 1.82) is 0 Å². The van der Waals surface area contributed by atoms with E-state index in [1.165, 1.54) is 0 Å². The van der Waals surface area contributed by atoms with E-state index in [2.05, 4.69) is 9.68 Å². The van der Waals surface area contributed by atoms with Gasteiger partial charge in [0.2, 0.25) is 23.0 Å². The molecule has 4 N–H and O–H groups in total. The Hall–Kier alpha value is -6.50. The molecule has 0 heterocycles. The van der Waals surface area contributed by atoms with Gasteiger partial charge in [0, 0.05) is 0 Å². The number of hydrogen-bond acceptors (Lipinski definition) is 20. The Kier molecular flexibility index (Phi) is 11.6. The van der Waals surface area contributed by atoms with E-state index in [0.29, 0.717) is 0 Å². The number of benzene rings is 2. The minimum Gasteiger partial charge on any atom is -0.863 e. The Labute approximate surface area is 248 Å². The quantitative estimate of drug-likeness (QED) is 0.123.